The Labute approximate surface area is 115 Å². The van der Waals surface area contributed by atoms with Crippen molar-refractivity contribution in [2.45, 2.75) is 39.9 Å². The van der Waals surface area contributed by atoms with Gasteiger partial charge in [-0.25, -0.2) is 4.79 Å². The van der Waals surface area contributed by atoms with Crippen LogP contribution in [0.1, 0.15) is 33.6 Å². The molecule has 1 saturated heterocycles. The Hall–Kier alpha value is -1.13. The van der Waals surface area contributed by atoms with Gasteiger partial charge >= 0.3 is 5.97 Å². The van der Waals surface area contributed by atoms with Gasteiger partial charge in [0.1, 0.15) is 0 Å². The topological polar surface area (TPSA) is 44.8 Å². The third kappa shape index (κ3) is 5.57. The predicted octanol–water partition coefficient (Wildman–Crippen LogP) is 2.84. The molecule has 1 rings (SSSR count). The van der Waals surface area contributed by atoms with Gasteiger partial charge in [-0.2, -0.15) is 0 Å². The fraction of sp³-hybridized carbons (Fsp3) is 0.667. The van der Waals surface area contributed by atoms with Gasteiger partial charge in [-0.1, -0.05) is 24.6 Å². The number of esters is 1. The molecule has 0 aromatic rings. The Morgan fingerprint density at radius 1 is 1.53 bits per heavy atom. The van der Waals surface area contributed by atoms with E-state index in [1.807, 2.05) is 13.8 Å². The third-order valence-corrected chi connectivity index (χ3v) is 3.11. The zero-order valence-corrected chi connectivity index (χ0v) is 12.3. The SMILES string of the molecule is CCO[C@H]1C[C@@](C)(/C=C/C/C(C)=C/C(=O)OC)CO1. The number of methoxy groups -OCH3 is 1. The van der Waals surface area contributed by atoms with Gasteiger partial charge in [0.15, 0.2) is 6.29 Å². The molecule has 4 heteroatoms. The molecule has 1 aliphatic heterocycles. The first-order chi connectivity index (χ1) is 8.99. The van der Waals surface area contributed by atoms with Crippen LogP contribution in [0.25, 0.3) is 0 Å². The summed E-state index contributed by atoms with van der Waals surface area (Å²) < 4.78 is 15.6. The molecule has 0 N–H and O–H groups in total. The van der Waals surface area contributed by atoms with Gasteiger partial charge < -0.3 is 14.2 Å². The molecule has 2 atom stereocenters. The van der Waals surface area contributed by atoms with Crippen molar-refractivity contribution < 1.29 is 19.0 Å². The van der Waals surface area contributed by atoms with Crippen LogP contribution < -0.4 is 0 Å². The summed E-state index contributed by atoms with van der Waals surface area (Å²) in [6, 6.07) is 0. The molecule has 0 bridgehead atoms. The summed E-state index contributed by atoms with van der Waals surface area (Å²) in [5.74, 6) is -0.308. The second-order valence-corrected chi connectivity index (χ2v) is 5.17. The minimum absolute atomic E-state index is 0.0192. The second kappa shape index (κ2) is 7.46. The van der Waals surface area contributed by atoms with E-state index in [1.165, 1.54) is 13.2 Å². The Morgan fingerprint density at radius 2 is 2.26 bits per heavy atom. The first-order valence-corrected chi connectivity index (χ1v) is 6.65. The largest absolute Gasteiger partial charge is 0.466 e. The zero-order valence-electron chi connectivity index (χ0n) is 12.3. The van der Waals surface area contributed by atoms with E-state index in [4.69, 9.17) is 9.47 Å². The van der Waals surface area contributed by atoms with E-state index in [2.05, 4.69) is 23.8 Å². The monoisotopic (exact) mass is 268 g/mol. The highest BCUT2D eigenvalue weighted by molar-refractivity contribution is 5.82. The van der Waals surface area contributed by atoms with E-state index in [0.717, 1.165) is 18.4 Å². The maximum atomic E-state index is 11.1. The van der Waals surface area contributed by atoms with Gasteiger partial charge in [0.2, 0.25) is 0 Å². The van der Waals surface area contributed by atoms with Crippen molar-refractivity contribution in [3.8, 4) is 0 Å². The first kappa shape index (κ1) is 15.9. The lowest BCUT2D eigenvalue weighted by atomic mass is 9.88. The summed E-state index contributed by atoms with van der Waals surface area (Å²) in [4.78, 5) is 11.1. The maximum absolute atomic E-state index is 11.1. The molecule has 1 fully saturated rings. The molecule has 0 aromatic carbocycles. The summed E-state index contributed by atoms with van der Waals surface area (Å²) in [5.41, 5.74) is 0.998. The maximum Gasteiger partial charge on any atom is 0.330 e. The van der Waals surface area contributed by atoms with E-state index in [-0.39, 0.29) is 17.7 Å². The number of ether oxygens (including phenoxy) is 3. The molecule has 4 nitrogen and oxygen atoms in total. The lowest BCUT2D eigenvalue weighted by molar-refractivity contribution is -0.134. The standard InChI is InChI=1S/C15H24O4/c1-5-18-14-10-15(3,11-19-14)8-6-7-12(2)9-13(16)17-4/h6,8-9,14H,5,7,10-11H2,1-4H3/b8-6+,12-9+/t14-,15-/m1/s1. The van der Waals surface area contributed by atoms with Crippen molar-refractivity contribution in [3.63, 3.8) is 0 Å². The Morgan fingerprint density at radius 3 is 2.89 bits per heavy atom. The van der Waals surface area contributed by atoms with Crippen LogP contribution in [-0.2, 0) is 19.0 Å². The molecule has 1 heterocycles. The lowest BCUT2D eigenvalue weighted by Crippen LogP contribution is -2.14. The molecule has 0 saturated carbocycles. The van der Waals surface area contributed by atoms with Crippen molar-refractivity contribution >= 4 is 5.97 Å². The van der Waals surface area contributed by atoms with Gasteiger partial charge in [-0.3, -0.25) is 0 Å². The average Bonchev–Trinajstić information content (AvgIpc) is 2.71. The van der Waals surface area contributed by atoms with Gasteiger partial charge in [-0.15, -0.1) is 0 Å². The molecule has 108 valence electrons. The Kier molecular flexibility index (Phi) is 6.25. The van der Waals surface area contributed by atoms with Crippen LogP contribution in [0.5, 0.6) is 0 Å². The van der Waals surface area contributed by atoms with Gasteiger partial charge in [0.05, 0.1) is 13.7 Å². The van der Waals surface area contributed by atoms with E-state index in [1.54, 1.807) is 0 Å². The van der Waals surface area contributed by atoms with Crippen LogP contribution in [0.15, 0.2) is 23.8 Å². The molecule has 0 aliphatic carbocycles. The minimum Gasteiger partial charge on any atom is -0.466 e. The molecule has 0 amide bonds. The van der Waals surface area contributed by atoms with Gasteiger partial charge in [0, 0.05) is 24.5 Å². The Balaban J connectivity index is 2.44. The number of carbonyl (C=O) groups excluding carboxylic acids is 1. The second-order valence-electron chi connectivity index (χ2n) is 5.17. The van der Waals surface area contributed by atoms with Crippen LogP contribution in [0, 0.1) is 5.41 Å². The molecule has 0 spiro atoms. The highest BCUT2D eigenvalue weighted by atomic mass is 16.7. The number of rotatable bonds is 6. The average molecular weight is 268 g/mol. The minimum atomic E-state index is -0.308. The van der Waals surface area contributed by atoms with Crippen molar-refractivity contribution in [2.75, 3.05) is 20.3 Å². The van der Waals surface area contributed by atoms with Crippen LogP contribution in [0.4, 0.5) is 0 Å². The number of hydrogen-bond donors (Lipinski definition) is 0. The molecular formula is C15H24O4. The fourth-order valence-electron chi connectivity index (χ4n) is 2.04. The Bertz CT molecular complexity index is 359. The van der Waals surface area contributed by atoms with Crippen molar-refractivity contribution in [1.82, 2.24) is 0 Å². The van der Waals surface area contributed by atoms with Crippen molar-refractivity contribution in [2.24, 2.45) is 5.41 Å². The summed E-state index contributed by atoms with van der Waals surface area (Å²) >= 11 is 0. The molecular weight excluding hydrogens is 244 g/mol. The molecule has 0 unspecified atom stereocenters. The highest BCUT2D eigenvalue weighted by Gasteiger charge is 2.34. The highest BCUT2D eigenvalue weighted by Crippen LogP contribution is 2.34. The third-order valence-electron chi connectivity index (χ3n) is 3.11. The molecule has 0 aromatic heterocycles. The normalized spacial score (nSPS) is 28.0. The summed E-state index contributed by atoms with van der Waals surface area (Å²) in [7, 11) is 1.38. The lowest BCUT2D eigenvalue weighted by Gasteiger charge is -2.16. The quantitative estimate of drug-likeness (QED) is 0.422. The molecule has 19 heavy (non-hydrogen) atoms. The van der Waals surface area contributed by atoms with E-state index < -0.39 is 0 Å². The van der Waals surface area contributed by atoms with Crippen LogP contribution in [0.3, 0.4) is 0 Å². The summed E-state index contributed by atoms with van der Waals surface area (Å²) in [6.45, 7) is 7.38. The predicted molar refractivity (Wildman–Crippen MR) is 73.6 cm³/mol. The smallest absolute Gasteiger partial charge is 0.330 e. The first-order valence-electron chi connectivity index (χ1n) is 6.65. The van der Waals surface area contributed by atoms with Gasteiger partial charge in [0.25, 0.3) is 0 Å². The zero-order chi connectivity index (χ0) is 14.3. The van der Waals surface area contributed by atoms with Crippen molar-refractivity contribution in [3.05, 3.63) is 23.8 Å². The molecule has 1 aliphatic rings. The van der Waals surface area contributed by atoms with E-state index in [9.17, 15) is 4.79 Å². The molecule has 0 radical (unpaired) electrons. The van der Waals surface area contributed by atoms with E-state index in [0.29, 0.717) is 13.2 Å². The van der Waals surface area contributed by atoms with Crippen LogP contribution in [-0.4, -0.2) is 32.6 Å². The number of allylic oxidation sites excluding steroid dienone is 2. The van der Waals surface area contributed by atoms with Crippen molar-refractivity contribution in [1.29, 1.82) is 0 Å². The summed E-state index contributed by atoms with van der Waals surface area (Å²) in [5, 5.41) is 0. The number of carbonyl (C=O) groups is 1. The summed E-state index contributed by atoms with van der Waals surface area (Å²) in [6.07, 6.45) is 7.26. The van der Waals surface area contributed by atoms with E-state index >= 15 is 0 Å². The van der Waals surface area contributed by atoms with Crippen LogP contribution >= 0.6 is 0 Å². The number of hydrogen-bond acceptors (Lipinski definition) is 4. The van der Waals surface area contributed by atoms with Crippen LogP contribution in [0.2, 0.25) is 0 Å². The van der Waals surface area contributed by atoms with Gasteiger partial charge in [-0.05, 0) is 20.3 Å². The fourth-order valence-corrected chi connectivity index (χ4v) is 2.04.